The molecule has 0 heterocycles. The number of rotatable bonds is 5. The molecule has 108 valence electrons. The molecular formula is C12H17Cl2FN2O2. The molecule has 0 aliphatic carbocycles. The molecule has 0 saturated heterocycles. The fourth-order valence-corrected chi connectivity index (χ4v) is 1.84. The van der Waals surface area contributed by atoms with Crippen molar-refractivity contribution < 1.29 is 13.9 Å². The third-order valence-corrected chi connectivity index (χ3v) is 2.80. The lowest BCUT2D eigenvalue weighted by Gasteiger charge is -2.18. The third-order valence-electron chi connectivity index (χ3n) is 2.47. The predicted octanol–water partition coefficient (Wildman–Crippen LogP) is 2.05. The summed E-state index contributed by atoms with van der Waals surface area (Å²) in [5, 5.41) is 2.96. The number of nitrogens with two attached hydrogens (primary N) is 1. The molecule has 19 heavy (non-hydrogen) atoms. The van der Waals surface area contributed by atoms with E-state index in [0.717, 1.165) is 0 Å². The number of carbonyl (C=O) groups excluding carboxylic acids is 1. The van der Waals surface area contributed by atoms with E-state index in [9.17, 15) is 9.18 Å². The lowest BCUT2D eigenvalue weighted by atomic mass is 10.1. The van der Waals surface area contributed by atoms with E-state index in [1.165, 1.54) is 25.3 Å². The maximum atomic E-state index is 12.9. The van der Waals surface area contributed by atoms with Crippen LogP contribution in [0.3, 0.4) is 0 Å². The van der Waals surface area contributed by atoms with Crippen molar-refractivity contribution in [1.82, 2.24) is 5.32 Å². The summed E-state index contributed by atoms with van der Waals surface area (Å²) in [7, 11) is 1.47. The van der Waals surface area contributed by atoms with Gasteiger partial charge in [0.1, 0.15) is 11.9 Å². The van der Waals surface area contributed by atoms with E-state index in [4.69, 9.17) is 22.1 Å². The summed E-state index contributed by atoms with van der Waals surface area (Å²) >= 11 is 5.90. The molecule has 0 radical (unpaired) electrons. The first-order chi connectivity index (χ1) is 8.45. The lowest BCUT2D eigenvalue weighted by molar-refractivity contribution is -0.124. The summed E-state index contributed by atoms with van der Waals surface area (Å²) in [5.41, 5.74) is 6.22. The highest BCUT2D eigenvalue weighted by Gasteiger charge is 2.18. The minimum Gasteiger partial charge on any atom is -0.383 e. The minimum absolute atomic E-state index is 0. The van der Waals surface area contributed by atoms with E-state index in [0.29, 0.717) is 5.56 Å². The highest BCUT2D eigenvalue weighted by atomic mass is 35.5. The van der Waals surface area contributed by atoms with Crippen molar-refractivity contribution in [3.63, 3.8) is 0 Å². The minimum atomic E-state index is -0.739. The van der Waals surface area contributed by atoms with E-state index >= 15 is 0 Å². The Balaban J connectivity index is 0.00000324. The molecule has 4 nitrogen and oxygen atoms in total. The number of halogens is 3. The number of ether oxygens (including phenoxy) is 1. The number of hydrogen-bond acceptors (Lipinski definition) is 3. The van der Waals surface area contributed by atoms with Crippen molar-refractivity contribution in [3.05, 3.63) is 34.6 Å². The van der Waals surface area contributed by atoms with Crippen LogP contribution in [-0.4, -0.2) is 25.7 Å². The fraction of sp³-hybridized carbons (Fsp3) is 0.417. The SMILES string of the molecule is COCC(N)C(=O)NC(C)c1ccc(F)cc1Cl.Cl. The van der Waals surface area contributed by atoms with Gasteiger partial charge in [0.25, 0.3) is 0 Å². The molecule has 0 bridgehead atoms. The van der Waals surface area contributed by atoms with Crippen LogP contribution in [0.1, 0.15) is 18.5 Å². The maximum Gasteiger partial charge on any atom is 0.239 e. The molecule has 2 unspecified atom stereocenters. The van der Waals surface area contributed by atoms with E-state index in [1.54, 1.807) is 6.92 Å². The first-order valence-corrected chi connectivity index (χ1v) is 5.83. The smallest absolute Gasteiger partial charge is 0.239 e. The normalized spacial score (nSPS) is 13.3. The van der Waals surface area contributed by atoms with Crippen molar-refractivity contribution in [2.75, 3.05) is 13.7 Å². The Hall–Kier alpha value is -0.880. The second-order valence-electron chi connectivity index (χ2n) is 3.96. The molecule has 1 rings (SSSR count). The van der Waals surface area contributed by atoms with Crippen LogP contribution in [-0.2, 0) is 9.53 Å². The number of benzene rings is 1. The van der Waals surface area contributed by atoms with Crippen molar-refractivity contribution >= 4 is 29.9 Å². The quantitative estimate of drug-likeness (QED) is 0.875. The standard InChI is InChI=1S/C12H16ClFN2O2.ClH/c1-7(16-12(17)11(15)6-18-2)9-4-3-8(14)5-10(9)13;/h3-5,7,11H,6,15H2,1-2H3,(H,16,17);1H. The van der Waals surface area contributed by atoms with Gasteiger partial charge in [-0.15, -0.1) is 12.4 Å². The summed E-state index contributed by atoms with van der Waals surface area (Å²) < 4.78 is 17.7. The average molecular weight is 311 g/mol. The molecule has 2 atom stereocenters. The van der Waals surface area contributed by atoms with Crippen molar-refractivity contribution in [1.29, 1.82) is 0 Å². The van der Waals surface area contributed by atoms with Gasteiger partial charge < -0.3 is 15.8 Å². The molecule has 7 heteroatoms. The molecular weight excluding hydrogens is 294 g/mol. The van der Waals surface area contributed by atoms with Crippen LogP contribution >= 0.6 is 24.0 Å². The summed E-state index contributed by atoms with van der Waals surface area (Å²) in [6.45, 7) is 1.88. The molecule has 0 aromatic heterocycles. The van der Waals surface area contributed by atoms with E-state index in [1.807, 2.05) is 0 Å². The Morgan fingerprint density at radius 2 is 2.21 bits per heavy atom. The van der Waals surface area contributed by atoms with Gasteiger partial charge in [-0.3, -0.25) is 4.79 Å². The van der Waals surface area contributed by atoms with Gasteiger partial charge in [0.2, 0.25) is 5.91 Å². The van der Waals surface area contributed by atoms with Gasteiger partial charge in [-0.1, -0.05) is 17.7 Å². The van der Waals surface area contributed by atoms with Crippen molar-refractivity contribution in [3.8, 4) is 0 Å². The van der Waals surface area contributed by atoms with E-state index < -0.39 is 11.9 Å². The lowest BCUT2D eigenvalue weighted by Crippen LogP contribution is -2.44. The molecule has 0 spiro atoms. The average Bonchev–Trinajstić information content (AvgIpc) is 2.28. The highest BCUT2D eigenvalue weighted by Crippen LogP contribution is 2.23. The van der Waals surface area contributed by atoms with Crippen molar-refractivity contribution in [2.45, 2.75) is 19.0 Å². The molecule has 0 aliphatic rings. The highest BCUT2D eigenvalue weighted by molar-refractivity contribution is 6.31. The Labute approximate surface area is 122 Å². The predicted molar refractivity (Wildman–Crippen MR) is 75.1 cm³/mol. The number of nitrogens with one attached hydrogen (secondary N) is 1. The third kappa shape index (κ3) is 5.32. The molecule has 3 N–H and O–H groups in total. The molecule has 1 amide bonds. The molecule has 0 fully saturated rings. The zero-order valence-electron chi connectivity index (χ0n) is 10.7. The summed E-state index contributed by atoms with van der Waals surface area (Å²) in [4.78, 5) is 11.7. The topological polar surface area (TPSA) is 64.3 Å². The summed E-state index contributed by atoms with van der Waals surface area (Å²) in [6.07, 6.45) is 0. The zero-order chi connectivity index (χ0) is 13.7. The Kier molecular flexibility index (Phi) is 7.94. The first-order valence-electron chi connectivity index (χ1n) is 5.45. The number of hydrogen-bond donors (Lipinski definition) is 2. The zero-order valence-corrected chi connectivity index (χ0v) is 12.2. The van der Waals surface area contributed by atoms with E-state index in [-0.39, 0.29) is 36.0 Å². The number of amides is 1. The number of carbonyl (C=O) groups is 1. The largest absolute Gasteiger partial charge is 0.383 e. The molecule has 1 aromatic rings. The van der Waals surface area contributed by atoms with Gasteiger partial charge in [0, 0.05) is 12.1 Å². The molecule has 0 saturated carbocycles. The van der Waals surface area contributed by atoms with E-state index in [2.05, 4.69) is 5.32 Å². The van der Waals surface area contributed by atoms with Crippen LogP contribution < -0.4 is 11.1 Å². The fourth-order valence-electron chi connectivity index (χ4n) is 1.51. The van der Waals surface area contributed by atoms with Crippen LogP contribution in [0.2, 0.25) is 5.02 Å². The van der Waals surface area contributed by atoms with Gasteiger partial charge in [0.15, 0.2) is 0 Å². The second kappa shape index (κ2) is 8.32. The van der Waals surface area contributed by atoms with Crippen molar-refractivity contribution in [2.24, 2.45) is 5.73 Å². The Morgan fingerprint density at radius 3 is 2.74 bits per heavy atom. The van der Waals surface area contributed by atoms with Gasteiger partial charge >= 0.3 is 0 Å². The van der Waals surface area contributed by atoms with Gasteiger partial charge in [-0.25, -0.2) is 4.39 Å². The number of methoxy groups -OCH3 is 1. The second-order valence-corrected chi connectivity index (χ2v) is 4.37. The molecule has 0 aliphatic heterocycles. The summed E-state index contributed by atoms with van der Waals surface area (Å²) in [6, 6.07) is 2.93. The van der Waals surface area contributed by atoms with Crippen LogP contribution in [0.15, 0.2) is 18.2 Å². The first kappa shape index (κ1) is 18.1. The van der Waals surface area contributed by atoms with Crippen LogP contribution in [0, 0.1) is 5.82 Å². The van der Waals surface area contributed by atoms with Crippen LogP contribution in [0.5, 0.6) is 0 Å². The van der Waals surface area contributed by atoms with Gasteiger partial charge in [0.05, 0.1) is 12.6 Å². The monoisotopic (exact) mass is 310 g/mol. The summed E-state index contributed by atoms with van der Waals surface area (Å²) in [5.74, 6) is -0.761. The van der Waals surface area contributed by atoms with Gasteiger partial charge in [-0.2, -0.15) is 0 Å². The molecule has 1 aromatic carbocycles. The van der Waals surface area contributed by atoms with Gasteiger partial charge in [-0.05, 0) is 24.6 Å². The Bertz CT molecular complexity index is 432. The van der Waals surface area contributed by atoms with Crippen LogP contribution in [0.4, 0.5) is 4.39 Å². The Morgan fingerprint density at radius 1 is 1.58 bits per heavy atom. The van der Waals surface area contributed by atoms with Crippen LogP contribution in [0.25, 0.3) is 0 Å². The maximum absolute atomic E-state index is 12.9.